The number of nitrogens with zero attached hydrogens (tertiary/aromatic N) is 1. The number of anilines is 1. The molecule has 2 aromatic rings. The topological polar surface area (TPSA) is 54.5 Å². The Morgan fingerprint density at radius 3 is 2.25 bits per heavy atom. The van der Waals surface area contributed by atoms with E-state index in [0.29, 0.717) is 11.3 Å². The normalized spacial score (nSPS) is 16.5. The molecule has 4 nitrogen and oxygen atoms in total. The first kappa shape index (κ1) is 16.7. The molecule has 24 heavy (non-hydrogen) atoms. The highest BCUT2D eigenvalue weighted by Crippen LogP contribution is 2.31. The van der Waals surface area contributed by atoms with Gasteiger partial charge in [-0.05, 0) is 35.2 Å². The van der Waals surface area contributed by atoms with Gasteiger partial charge < -0.3 is 4.90 Å². The van der Waals surface area contributed by atoms with Gasteiger partial charge in [0.2, 0.25) is 0 Å². The van der Waals surface area contributed by atoms with Gasteiger partial charge in [-0.15, -0.1) is 0 Å². The molecule has 0 aromatic heterocycles. The molecule has 0 atom stereocenters. The van der Waals surface area contributed by atoms with Crippen LogP contribution in [0.2, 0.25) is 0 Å². The number of benzene rings is 2. The van der Waals surface area contributed by atoms with Gasteiger partial charge >= 0.3 is 0 Å². The Morgan fingerprint density at radius 1 is 1.00 bits per heavy atom. The third-order valence-corrected chi connectivity index (χ3v) is 6.05. The van der Waals surface area contributed by atoms with E-state index in [2.05, 4.69) is 20.8 Å². The summed E-state index contributed by atoms with van der Waals surface area (Å²) in [6.45, 7) is 6.54. The molecule has 1 amide bonds. The van der Waals surface area contributed by atoms with Gasteiger partial charge in [-0.25, -0.2) is 8.42 Å². The summed E-state index contributed by atoms with van der Waals surface area (Å²) >= 11 is 0. The van der Waals surface area contributed by atoms with Crippen molar-refractivity contribution in [3.63, 3.8) is 0 Å². The lowest BCUT2D eigenvalue weighted by molar-refractivity contribution is 0.0987. The summed E-state index contributed by atoms with van der Waals surface area (Å²) < 4.78 is 24.4. The Bertz CT molecular complexity index is 878. The summed E-state index contributed by atoms with van der Waals surface area (Å²) in [5.74, 6) is -0.215. The number of sulfone groups is 1. The van der Waals surface area contributed by atoms with Crippen LogP contribution in [0.5, 0.6) is 0 Å². The molecule has 0 bridgehead atoms. The lowest BCUT2D eigenvalue weighted by Crippen LogP contribution is -2.39. The number of hydrogen-bond donors (Lipinski definition) is 0. The third-order valence-electron chi connectivity index (χ3n) is 4.32. The van der Waals surface area contributed by atoms with E-state index < -0.39 is 9.84 Å². The minimum Gasteiger partial charge on any atom is -0.306 e. The number of carbonyl (C=O) groups is 1. The molecule has 0 saturated heterocycles. The van der Waals surface area contributed by atoms with Crippen molar-refractivity contribution < 1.29 is 13.2 Å². The first-order valence-electron chi connectivity index (χ1n) is 7.94. The number of fused-ring (bicyclic) bond motifs is 1. The molecule has 0 spiro atoms. The van der Waals surface area contributed by atoms with Gasteiger partial charge in [-0.3, -0.25) is 4.79 Å². The highest BCUT2D eigenvalue weighted by molar-refractivity contribution is 7.91. The van der Waals surface area contributed by atoms with Gasteiger partial charge in [0.1, 0.15) is 0 Å². The fourth-order valence-electron chi connectivity index (χ4n) is 2.86. The maximum Gasteiger partial charge on any atom is 0.258 e. The largest absolute Gasteiger partial charge is 0.306 e. The highest BCUT2D eigenvalue weighted by atomic mass is 32.2. The van der Waals surface area contributed by atoms with Gasteiger partial charge in [0.25, 0.3) is 5.91 Å². The molecular weight excluding hydrogens is 322 g/mol. The third kappa shape index (κ3) is 2.96. The second kappa shape index (κ2) is 5.74. The van der Waals surface area contributed by atoms with Crippen molar-refractivity contribution in [2.24, 2.45) is 0 Å². The second-order valence-corrected chi connectivity index (χ2v) is 9.15. The molecule has 0 unspecified atom stereocenters. The lowest BCUT2D eigenvalue weighted by atomic mass is 9.86. The number of amides is 1. The molecule has 3 rings (SSSR count). The number of hydrogen-bond acceptors (Lipinski definition) is 3. The lowest BCUT2D eigenvalue weighted by Gasteiger charge is -2.29. The van der Waals surface area contributed by atoms with Crippen molar-refractivity contribution in [3.8, 4) is 0 Å². The number of carbonyl (C=O) groups excluding carboxylic acids is 1. The first-order chi connectivity index (χ1) is 11.2. The maximum atomic E-state index is 12.9. The van der Waals surface area contributed by atoms with E-state index in [-0.39, 0.29) is 28.5 Å². The van der Waals surface area contributed by atoms with Gasteiger partial charge in [0, 0.05) is 12.1 Å². The van der Waals surface area contributed by atoms with Crippen LogP contribution in [0, 0.1) is 0 Å². The Balaban J connectivity index is 1.97. The van der Waals surface area contributed by atoms with Crippen molar-refractivity contribution in [3.05, 3.63) is 59.7 Å². The number of para-hydroxylation sites is 1. The molecule has 1 aliphatic heterocycles. The van der Waals surface area contributed by atoms with Crippen molar-refractivity contribution >= 4 is 21.4 Å². The molecule has 2 aromatic carbocycles. The summed E-state index contributed by atoms with van der Waals surface area (Å²) in [6.07, 6.45) is 0. The van der Waals surface area contributed by atoms with Crippen LogP contribution in [0.3, 0.4) is 0 Å². The van der Waals surface area contributed by atoms with Crippen molar-refractivity contribution in [2.75, 3.05) is 17.2 Å². The molecule has 126 valence electrons. The van der Waals surface area contributed by atoms with Gasteiger partial charge in [-0.2, -0.15) is 0 Å². The summed E-state index contributed by atoms with van der Waals surface area (Å²) in [7, 11) is -3.31. The van der Waals surface area contributed by atoms with Crippen molar-refractivity contribution in [1.82, 2.24) is 0 Å². The molecule has 1 aliphatic rings. The summed E-state index contributed by atoms with van der Waals surface area (Å²) in [5, 5.41) is 0. The van der Waals surface area contributed by atoms with Crippen molar-refractivity contribution in [1.29, 1.82) is 0 Å². The molecule has 1 heterocycles. The van der Waals surface area contributed by atoms with Gasteiger partial charge in [0.05, 0.1) is 16.3 Å². The molecule has 0 radical (unpaired) electrons. The Kier molecular flexibility index (Phi) is 4.00. The smallest absolute Gasteiger partial charge is 0.258 e. The SMILES string of the molecule is CC(C)(C)c1ccc(C(=O)N2CCS(=O)(=O)c3ccccc32)cc1. The molecule has 5 heteroatoms. The monoisotopic (exact) mass is 343 g/mol. The summed E-state index contributed by atoms with van der Waals surface area (Å²) in [4.78, 5) is 14.7. The number of rotatable bonds is 1. The minimum atomic E-state index is -3.31. The minimum absolute atomic E-state index is 0.0212. The predicted octanol–water partition coefficient (Wildman–Crippen LogP) is 3.42. The van der Waals surface area contributed by atoms with Crippen LogP contribution in [-0.4, -0.2) is 26.6 Å². The molecule has 0 aliphatic carbocycles. The summed E-state index contributed by atoms with van der Waals surface area (Å²) in [5.41, 5.74) is 2.21. The van der Waals surface area contributed by atoms with E-state index >= 15 is 0 Å². The van der Waals surface area contributed by atoms with Crippen LogP contribution in [0.15, 0.2) is 53.4 Å². The average Bonchev–Trinajstić information content (AvgIpc) is 2.54. The van der Waals surface area contributed by atoms with E-state index in [9.17, 15) is 13.2 Å². The molecule has 0 saturated carbocycles. The second-order valence-electron chi connectivity index (χ2n) is 7.07. The standard InChI is InChI=1S/C19H21NO3S/c1-19(2,3)15-10-8-14(9-11-15)18(21)20-12-13-24(22,23)17-7-5-4-6-16(17)20/h4-11H,12-13H2,1-3H3. The van der Waals surface area contributed by atoms with Crippen molar-refractivity contribution in [2.45, 2.75) is 31.1 Å². The van der Waals surface area contributed by atoms with E-state index in [1.54, 1.807) is 29.2 Å². The fourth-order valence-corrected chi connectivity index (χ4v) is 4.29. The highest BCUT2D eigenvalue weighted by Gasteiger charge is 2.31. The maximum absolute atomic E-state index is 12.9. The van der Waals surface area contributed by atoms with E-state index in [0.717, 1.165) is 5.56 Å². The Morgan fingerprint density at radius 2 is 1.62 bits per heavy atom. The molecular formula is C19H21NO3S. The van der Waals surface area contributed by atoms with Gasteiger partial charge in [-0.1, -0.05) is 45.0 Å². The first-order valence-corrected chi connectivity index (χ1v) is 9.59. The quantitative estimate of drug-likeness (QED) is 0.797. The van der Waals surface area contributed by atoms with Crippen LogP contribution in [0.4, 0.5) is 5.69 Å². The van der Waals surface area contributed by atoms with Crippen LogP contribution in [0.1, 0.15) is 36.7 Å². The molecule has 0 fully saturated rings. The van der Waals surface area contributed by atoms with Gasteiger partial charge in [0.15, 0.2) is 9.84 Å². The van der Waals surface area contributed by atoms with E-state index in [1.165, 1.54) is 0 Å². The Hall–Kier alpha value is -2.14. The van der Waals surface area contributed by atoms with E-state index in [1.807, 2.05) is 24.3 Å². The van der Waals surface area contributed by atoms with Crippen LogP contribution in [0.25, 0.3) is 0 Å². The average molecular weight is 343 g/mol. The zero-order valence-corrected chi connectivity index (χ0v) is 14.9. The zero-order valence-electron chi connectivity index (χ0n) is 14.1. The summed E-state index contributed by atoms with van der Waals surface area (Å²) in [6, 6.07) is 14.2. The fraction of sp³-hybridized carbons (Fsp3) is 0.316. The zero-order chi connectivity index (χ0) is 17.5. The van der Waals surface area contributed by atoms with Crippen LogP contribution >= 0.6 is 0 Å². The predicted molar refractivity (Wildman–Crippen MR) is 95.3 cm³/mol. The van der Waals surface area contributed by atoms with Crippen LogP contribution < -0.4 is 4.90 Å². The van der Waals surface area contributed by atoms with Crippen LogP contribution in [-0.2, 0) is 15.3 Å². The Labute approximate surface area is 143 Å². The van der Waals surface area contributed by atoms with E-state index in [4.69, 9.17) is 0 Å². The molecule has 0 N–H and O–H groups in total.